The molecule has 2 N–H and O–H groups in total. The number of nitrogens with zero attached hydrogens (tertiary/aromatic N) is 2. The molecular formula is C14H19N3O3. The van der Waals surface area contributed by atoms with Crippen LogP contribution in [0.2, 0.25) is 0 Å². The number of carbonyl (C=O) groups excluding carboxylic acids is 1. The molecule has 1 aliphatic rings. The molecule has 108 valence electrons. The number of piperidine rings is 1. The zero-order valence-corrected chi connectivity index (χ0v) is 11.5. The van der Waals surface area contributed by atoms with Crippen LogP contribution in [0.25, 0.3) is 0 Å². The van der Waals surface area contributed by atoms with Crippen molar-refractivity contribution in [3.05, 3.63) is 39.9 Å². The van der Waals surface area contributed by atoms with Gasteiger partial charge in [0.15, 0.2) is 0 Å². The fourth-order valence-corrected chi connectivity index (χ4v) is 2.68. The average molecular weight is 277 g/mol. The molecule has 1 aromatic carbocycles. The third-order valence-electron chi connectivity index (χ3n) is 3.77. The molecule has 20 heavy (non-hydrogen) atoms. The second kappa shape index (κ2) is 6.00. The fourth-order valence-electron chi connectivity index (χ4n) is 2.68. The van der Waals surface area contributed by atoms with Crippen molar-refractivity contribution in [1.29, 1.82) is 0 Å². The largest absolute Gasteiger partial charge is 0.340 e. The number of carbonyl (C=O) groups is 1. The van der Waals surface area contributed by atoms with E-state index in [1.165, 1.54) is 6.07 Å². The van der Waals surface area contributed by atoms with Crippen molar-refractivity contribution in [2.45, 2.75) is 38.3 Å². The van der Waals surface area contributed by atoms with Crippen LogP contribution in [-0.2, 0) is 11.2 Å². The molecule has 1 fully saturated rings. The van der Waals surface area contributed by atoms with Crippen molar-refractivity contribution in [2.75, 3.05) is 6.54 Å². The molecule has 2 unspecified atom stereocenters. The molecule has 0 radical (unpaired) electrons. The van der Waals surface area contributed by atoms with Crippen LogP contribution in [0.15, 0.2) is 24.3 Å². The van der Waals surface area contributed by atoms with Gasteiger partial charge >= 0.3 is 0 Å². The third kappa shape index (κ3) is 3.14. The number of likely N-dealkylation sites (tertiary alicyclic amines) is 1. The van der Waals surface area contributed by atoms with Crippen LogP contribution < -0.4 is 5.73 Å². The quantitative estimate of drug-likeness (QED) is 0.669. The van der Waals surface area contributed by atoms with Gasteiger partial charge in [-0.05, 0) is 19.8 Å². The first-order valence-electron chi connectivity index (χ1n) is 6.76. The van der Waals surface area contributed by atoms with Crippen LogP contribution in [0.3, 0.4) is 0 Å². The third-order valence-corrected chi connectivity index (χ3v) is 3.77. The summed E-state index contributed by atoms with van der Waals surface area (Å²) >= 11 is 0. The Hall–Kier alpha value is -1.95. The van der Waals surface area contributed by atoms with E-state index >= 15 is 0 Å². The van der Waals surface area contributed by atoms with Crippen LogP contribution in [-0.4, -0.2) is 34.4 Å². The van der Waals surface area contributed by atoms with Crippen molar-refractivity contribution in [3.63, 3.8) is 0 Å². The summed E-state index contributed by atoms with van der Waals surface area (Å²) in [6.45, 7) is 2.60. The molecule has 2 rings (SSSR count). The minimum Gasteiger partial charge on any atom is -0.340 e. The minimum atomic E-state index is -0.446. The van der Waals surface area contributed by atoms with E-state index < -0.39 is 4.92 Å². The number of hydrogen-bond donors (Lipinski definition) is 1. The number of amides is 1. The number of nitro benzene ring substituents is 1. The Morgan fingerprint density at radius 3 is 2.85 bits per heavy atom. The zero-order chi connectivity index (χ0) is 14.7. The van der Waals surface area contributed by atoms with Crippen molar-refractivity contribution in [1.82, 2.24) is 4.90 Å². The number of nitro groups is 1. The Kier molecular flexibility index (Phi) is 4.34. The molecule has 1 amide bonds. The maximum Gasteiger partial charge on any atom is 0.273 e. The summed E-state index contributed by atoms with van der Waals surface area (Å²) in [4.78, 5) is 24.6. The predicted molar refractivity (Wildman–Crippen MR) is 75.2 cm³/mol. The highest BCUT2D eigenvalue weighted by molar-refractivity contribution is 5.80. The lowest BCUT2D eigenvalue weighted by atomic mass is 9.98. The summed E-state index contributed by atoms with van der Waals surface area (Å²) in [5.41, 5.74) is 6.34. The van der Waals surface area contributed by atoms with Crippen LogP contribution in [0.1, 0.15) is 25.3 Å². The van der Waals surface area contributed by atoms with Gasteiger partial charge in [-0.1, -0.05) is 18.2 Å². The fraction of sp³-hybridized carbons (Fsp3) is 0.500. The molecule has 2 atom stereocenters. The number of para-hydroxylation sites is 1. The van der Waals surface area contributed by atoms with Crippen LogP contribution in [0.4, 0.5) is 5.69 Å². The summed E-state index contributed by atoms with van der Waals surface area (Å²) in [6.07, 6.45) is 1.63. The number of hydrogen-bond acceptors (Lipinski definition) is 4. The summed E-state index contributed by atoms with van der Waals surface area (Å²) in [5.74, 6) is -0.0706. The molecular weight excluding hydrogens is 258 g/mol. The number of benzene rings is 1. The summed E-state index contributed by atoms with van der Waals surface area (Å²) in [6, 6.07) is 6.61. The maximum absolute atomic E-state index is 12.3. The second-order valence-corrected chi connectivity index (χ2v) is 5.28. The van der Waals surface area contributed by atoms with E-state index in [-0.39, 0.29) is 30.1 Å². The molecule has 1 aromatic rings. The van der Waals surface area contributed by atoms with Crippen molar-refractivity contribution >= 4 is 11.6 Å². The Morgan fingerprint density at radius 2 is 2.20 bits per heavy atom. The molecule has 0 saturated carbocycles. The van der Waals surface area contributed by atoms with Gasteiger partial charge in [-0.25, -0.2) is 0 Å². The van der Waals surface area contributed by atoms with Crippen molar-refractivity contribution in [2.24, 2.45) is 5.73 Å². The Morgan fingerprint density at radius 1 is 1.50 bits per heavy atom. The predicted octanol–water partition coefficient (Wildman–Crippen LogP) is 1.48. The van der Waals surface area contributed by atoms with E-state index in [0.717, 1.165) is 12.8 Å². The molecule has 0 bridgehead atoms. The van der Waals surface area contributed by atoms with E-state index in [9.17, 15) is 14.9 Å². The van der Waals surface area contributed by atoms with Gasteiger partial charge in [0.05, 0.1) is 11.3 Å². The summed E-state index contributed by atoms with van der Waals surface area (Å²) < 4.78 is 0. The molecule has 1 heterocycles. The highest BCUT2D eigenvalue weighted by atomic mass is 16.6. The number of rotatable bonds is 3. The van der Waals surface area contributed by atoms with Crippen LogP contribution in [0.5, 0.6) is 0 Å². The van der Waals surface area contributed by atoms with Gasteiger partial charge in [-0.15, -0.1) is 0 Å². The van der Waals surface area contributed by atoms with E-state index in [2.05, 4.69) is 0 Å². The standard InChI is InChI=1S/C14H19N3O3/c1-10-8-12(15)6-7-16(10)14(18)9-11-4-2-3-5-13(11)17(19)20/h2-5,10,12H,6-9,15H2,1H3. The van der Waals surface area contributed by atoms with Gasteiger partial charge in [-0.3, -0.25) is 14.9 Å². The normalized spacial score (nSPS) is 22.6. The van der Waals surface area contributed by atoms with E-state index in [4.69, 9.17) is 5.73 Å². The molecule has 0 spiro atoms. The lowest BCUT2D eigenvalue weighted by Crippen LogP contribution is -2.48. The zero-order valence-electron chi connectivity index (χ0n) is 11.5. The van der Waals surface area contributed by atoms with Crippen molar-refractivity contribution < 1.29 is 9.72 Å². The molecule has 6 heteroatoms. The van der Waals surface area contributed by atoms with Gasteiger partial charge in [0, 0.05) is 30.3 Å². The van der Waals surface area contributed by atoms with Gasteiger partial charge < -0.3 is 10.6 Å². The van der Waals surface area contributed by atoms with Crippen LogP contribution in [0, 0.1) is 10.1 Å². The molecule has 0 aliphatic carbocycles. The molecule has 1 saturated heterocycles. The van der Waals surface area contributed by atoms with E-state index in [1.807, 2.05) is 6.92 Å². The van der Waals surface area contributed by atoms with Crippen LogP contribution >= 0.6 is 0 Å². The smallest absolute Gasteiger partial charge is 0.273 e. The van der Waals surface area contributed by atoms with Gasteiger partial charge in [-0.2, -0.15) is 0 Å². The van der Waals surface area contributed by atoms with Gasteiger partial charge in [0.2, 0.25) is 5.91 Å². The highest BCUT2D eigenvalue weighted by Gasteiger charge is 2.28. The topological polar surface area (TPSA) is 89.5 Å². The SMILES string of the molecule is CC1CC(N)CCN1C(=O)Cc1ccccc1[N+](=O)[O-]. The first-order chi connectivity index (χ1) is 9.49. The lowest BCUT2D eigenvalue weighted by molar-refractivity contribution is -0.385. The molecule has 0 aromatic heterocycles. The summed E-state index contributed by atoms with van der Waals surface area (Å²) in [5, 5.41) is 11.0. The van der Waals surface area contributed by atoms with Gasteiger partial charge in [0.1, 0.15) is 0 Å². The first kappa shape index (κ1) is 14.5. The maximum atomic E-state index is 12.3. The first-order valence-corrected chi connectivity index (χ1v) is 6.76. The molecule has 1 aliphatic heterocycles. The highest BCUT2D eigenvalue weighted by Crippen LogP contribution is 2.21. The Labute approximate surface area is 117 Å². The van der Waals surface area contributed by atoms with Crippen molar-refractivity contribution in [3.8, 4) is 0 Å². The number of nitrogens with two attached hydrogens (primary N) is 1. The lowest BCUT2D eigenvalue weighted by Gasteiger charge is -2.36. The van der Waals surface area contributed by atoms with Gasteiger partial charge in [0.25, 0.3) is 5.69 Å². The molecule has 6 nitrogen and oxygen atoms in total. The summed E-state index contributed by atoms with van der Waals surface area (Å²) in [7, 11) is 0. The Balaban J connectivity index is 2.10. The monoisotopic (exact) mass is 277 g/mol. The van der Waals surface area contributed by atoms with E-state index in [1.54, 1.807) is 23.1 Å². The average Bonchev–Trinajstić information content (AvgIpc) is 2.38. The minimum absolute atomic E-state index is 0.00205. The second-order valence-electron chi connectivity index (χ2n) is 5.28. The van der Waals surface area contributed by atoms with E-state index in [0.29, 0.717) is 12.1 Å². The Bertz CT molecular complexity index is 518.